The van der Waals surface area contributed by atoms with Crippen LogP contribution in [0.4, 0.5) is 4.39 Å². The Balaban J connectivity index is 3.00. The lowest BCUT2D eigenvalue weighted by molar-refractivity contribution is 0.0934. The molecule has 0 aliphatic carbocycles. The number of hydrogen-bond donors (Lipinski definition) is 1. The van der Waals surface area contributed by atoms with Crippen molar-refractivity contribution in [3.8, 4) is 0 Å². The number of hydrogen-bond acceptors (Lipinski definition) is 2. The molecule has 16 heavy (non-hydrogen) atoms. The zero-order valence-electron chi connectivity index (χ0n) is 9.34. The molecule has 0 aliphatic rings. The summed E-state index contributed by atoms with van der Waals surface area (Å²) in [6.45, 7) is 3.83. The molecule has 2 atom stereocenters. The number of Topliss-reactive ketones (excluding diaryl/α,β-unsaturated/α-hetero) is 1. The van der Waals surface area contributed by atoms with E-state index in [9.17, 15) is 9.18 Å². The molecule has 0 aromatic heterocycles. The van der Waals surface area contributed by atoms with Gasteiger partial charge >= 0.3 is 0 Å². The highest BCUT2D eigenvalue weighted by Crippen LogP contribution is 2.20. The van der Waals surface area contributed by atoms with Crippen LogP contribution in [0.5, 0.6) is 0 Å². The largest absolute Gasteiger partial charge is 0.321 e. The van der Waals surface area contributed by atoms with Crippen LogP contribution in [0.3, 0.4) is 0 Å². The molecule has 0 saturated carbocycles. The fraction of sp³-hybridized carbons (Fsp3) is 0.417. The van der Waals surface area contributed by atoms with Crippen molar-refractivity contribution in [3.05, 3.63) is 34.6 Å². The number of rotatable bonds is 4. The molecule has 1 rings (SSSR count). The van der Waals surface area contributed by atoms with Crippen molar-refractivity contribution in [3.63, 3.8) is 0 Å². The van der Waals surface area contributed by atoms with E-state index in [2.05, 4.69) is 0 Å². The lowest BCUT2D eigenvalue weighted by Crippen LogP contribution is -2.36. The van der Waals surface area contributed by atoms with Crippen LogP contribution in [0, 0.1) is 11.7 Å². The minimum atomic E-state index is -0.635. The van der Waals surface area contributed by atoms with E-state index in [4.69, 9.17) is 17.3 Å². The van der Waals surface area contributed by atoms with Gasteiger partial charge in [-0.3, -0.25) is 4.79 Å². The highest BCUT2D eigenvalue weighted by molar-refractivity contribution is 6.34. The molecule has 0 radical (unpaired) electrons. The summed E-state index contributed by atoms with van der Waals surface area (Å²) in [7, 11) is 0. The lowest BCUT2D eigenvalue weighted by atomic mass is 9.92. The van der Waals surface area contributed by atoms with Crippen molar-refractivity contribution < 1.29 is 9.18 Å². The molecule has 2 unspecified atom stereocenters. The molecule has 0 heterocycles. The van der Waals surface area contributed by atoms with Crippen LogP contribution in [-0.2, 0) is 0 Å². The molecule has 1 aromatic carbocycles. The quantitative estimate of drug-likeness (QED) is 0.826. The Morgan fingerprint density at radius 2 is 2.19 bits per heavy atom. The van der Waals surface area contributed by atoms with E-state index < -0.39 is 11.9 Å². The summed E-state index contributed by atoms with van der Waals surface area (Å²) in [5.41, 5.74) is 5.95. The first-order valence-corrected chi connectivity index (χ1v) is 5.60. The van der Waals surface area contributed by atoms with Gasteiger partial charge in [-0.1, -0.05) is 31.9 Å². The average Bonchev–Trinajstić information content (AvgIpc) is 2.29. The van der Waals surface area contributed by atoms with Crippen molar-refractivity contribution in [2.24, 2.45) is 11.7 Å². The van der Waals surface area contributed by atoms with Crippen LogP contribution in [0.1, 0.15) is 30.6 Å². The first-order valence-electron chi connectivity index (χ1n) is 5.22. The fourth-order valence-corrected chi connectivity index (χ4v) is 1.59. The summed E-state index contributed by atoms with van der Waals surface area (Å²) in [4.78, 5) is 11.9. The van der Waals surface area contributed by atoms with Crippen molar-refractivity contribution >= 4 is 17.4 Å². The van der Waals surface area contributed by atoms with E-state index in [0.29, 0.717) is 0 Å². The Bertz CT molecular complexity index is 395. The summed E-state index contributed by atoms with van der Waals surface area (Å²) < 4.78 is 13.0. The second-order valence-electron chi connectivity index (χ2n) is 3.90. The first kappa shape index (κ1) is 13.1. The Labute approximate surface area is 99.6 Å². The van der Waals surface area contributed by atoms with Gasteiger partial charge in [0.1, 0.15) is 5.82 Å². The summed E-state index contributed by atoms with van der Waals surface area (Å²) >= 11 is 5.84. The van der Waals surface area contributed by atoms with Gasteiger partial charge in [0, 0.05) is 5.56 Å². The van der Waals surface area contributed by atoms with Crippen LogP contribution in [0.2, 0.25) is 5.02 Å². The van der Waals surface area contributed by atoms with Gasteiger partial charge in [0.25, 0.3) is 0 Å². The smallest absolute Gasteiger partial charge is 0.181 e. The average molecular weight is 244 g/mol. The van der Waals surface area contributed by atoms with Gasteiger partial charge in [-0.2, -0.15) is 0 Å². The molecule has 2 nitrogen and oxygen atoms in total. The van der Waals surface area contributed by atoms with Gasteiger partial charge in [-0.05, 0) is 24.1 Å². The fourth-order valence-electron chi connectivity index (χ4n) is 1.38. The molecule has 0 fully saturated rings. The predicted octanol–water partition coefficient (Wildman–Crippen LogP) is 3.04. The molecule has 88 valence electrons. The Hall–Kier alpha value is -0.930. The zero-order chi connectivity index (χ0) is 12.3. The van der Waals surface area contributed by atoms with Gasteiger partial charge in [-0.15, -0.1) is 0 Å². The molecule has 0 spiro atoms. The minimum absolute atomic E-state index is 0.0480. The maximum atomic E-state index is 13.0. The van der Waals surface area contributed by atoms with Crippen LogP contribution < -0.4 is 5.73 Å². The van der Waals surface area contributed by atoms with Crippen LogP contribution >= 0.6 is 11.6 Å². The monoisotopic (exact) mass is 243 g/mol. The van der Waals surface area contributed by atoms with E-state index in [1.54, 1.807) is 0 Å². The number of benzene rings is 1. The van der Waals surface area contributed by atoms with Crippen molar-refractivity contribution in [1.29, 1.82) is 0 Å². The summed E-state index contributed by atoms with van der Waals surface area (Å²) in [6, 6.07) is 3.08. The summed E-state index contributed by atoms with van der Waals surface area (Å²) in [5, 5.41) is 0.241. The van der Waals surface area contributed by atoms with Gasteiger partial charge in [0.2, 0.25) is 0 Å². The molecule has 0 amide bonds. The van der Waals surface area contributed by atoms with Crippen LogP contribution in [0.25, 0.3) is 0 Å². The number of carbonyl (C=O) groups excluding carboxylic acids is 1. The third-order valence-electron chi connectivity index (χ3n) is 2.75. The molecule has 0 aliphatic heterocycles. The highest BCUT2D eigenvalue weighted by atomic mass is 35.5. The minimum Gasteiger partial charge on any atom is -0.321 e. The van der Waals surface area contributed by atoms with Crippen molar-refractivity contribution in [1.82, 2.24) is 0 Å². The number of ketones is 1. The van der Waals surface area contributed by atoms with Crippen molar-refractivity contribution in [2.75, 3.05) is 0 Å². The number of nitrogens with two attached hydrogens (primary N) is 1. The Kier molecular flexibility index (Phi) is 4.44. The topological polar surface area (TPSA) is 43.1 Å². The lowest BCUT2D eigenvalue weighted by Gasteiger charge is -2.17. The molecule has 4 heteroatoms. The molecule has 0 saturated heterocycles. The third kappa shape index (κ3) is 2.80. The summed E-state index contributed by atoms with van der Waals surface area (Å²) in [6.07, 6.45) is 0.792. The van der Waals surface area contributed by atoms with Crippen molar-refractivity contribution in [2.45, 2.75) is 26.3 Å². The van der Waals surface area contributed by atoms with E-state index >= 15 is 0 Å². The maximum Gasteiger partial charge on any atom is 0.181 e. The van der Waals surface area contributed by atoms with Gasteiger partial charge in [-0.25, -0.2) is 4.39 Å². The Morgan fingerprint density at radius 3 is 2.75 bits per heavy atom. The SMILES string of the molecule is CCC(C)C(N)C(=O)c1cc(F)ccc1Cl. The molecular formula is C12H15ClFNO. The molecular weight excluding hydrogens is 229 g/mol. The van der Waals surface area contributed by atoms with Gasteiger partial charge in [0.15, 0.2) is 5.78 Å². The zero-order valence-corrected chi connectivity index (χ0v) is 10.1. The third-order valence-corrected chi connectivity index (χ3v) is 3.08. The van der Waals surface area contributed by atoms with E-state index in [1.165, 1.54) is 12.1 Å². The first-order chi connectivity index (χ1) is 7.47. The van der Waals surface area contributed by atoms with Gasteiger partial charge < -0.3 is 5.73 Å². The molecule has 1 aromatic rings. The van der Waals surface area contributed by atoms with E-state index in [-0.39, 0.29) is 22.3 Å². The Morgan fingerprint density at radius 1 is 1.56 bits per heavy atom. The van der Waals surface area contributed by atoms with E-state index in [0.717, 1.165) is 12.5 Å². The summed E-state index contributed by atoms with van der Waals surface area (Å²) in [5.74, 6) is -0.741. The molecule has 2 N–H and O–H groups in total. The molecule has 0 bridgehead atoms. The second-order valence-corrected chi connectivity index (χ2v) is 4.31. The maximum absolute atomic E-state index is 13.0. The van der Waals surface area contributed by atoms with E-state index in [1.807, 2.05) is 13.8 Å². The van der Waals surface area contributed by atoms with Gasteiger partial charge in [0.05, 0.1) is 11.1 Å². The second kappa shape index (κ2) is 5.41. The standard InChI is InChI=1S/C12H15ClFNO/c1-3-7(2)11(15)12(16)9-6-8(14)4-5-10(9)13/h4-7,11H,3,15H2,1-2H3. The van der Waals surface area contributed by atoms with Crippen LogP contribution in [0.15, 0.2) is 18.2 Å². The number of carbonyl (C=O) groups is 1. The normalized spacial score (nSPS) is 14.6. The van der Waals surface area contributed by atoms with Crippen LogP contribution in [-0.4, -0.2) is 11.8 Å². The number of halogens is 2. The highest BCUT2D eigenvalue weighted by Gasteiger charge is 2.23. The predicted molar refractivity (Wildman–Crippen MR) is 63.2 cm³/mol.